The molecular formula is C28H47FN6O4S2. The first-order valence-electron chi connectivity index (χ1n) is 14.0. The van der Waals surface area contributed by atoms with E-state index in [-0.39, 0.29) is 5.03 Å². The Hall–Kier alpha value is -2.19. The first-order chi connectivity index (χ1) is 18.9. The van der Waals surface area contributed by atoms with Crippen LogP contribution in [0.15, 0.2) is 46.5 Å². The summed E-state index contributed by atoms with van der Waals surface area (Å²) >= 11 is 0. The maximum Gasteiger partial charge on any atom is 0.255 e. The fourth-order valence-electron chi connectivity index (χ4n) is 5.51. The van der Waals surface area contributed by atoms with Crippen molar-refractivity contribution in [3.05, 3.63) is 42.3 Å². The highest BCUT2D eigenvalue weighted by Crippen LogP contribution is 2.42. The Bertz CT molecular complexity index is 1340. The Kier molecular flexibility index (Phi) is 12.6. The van der Waals surface area contributed by atoms with Gasteiger partial charge in [-0.1, -0.05) is 39.8 Å². The van der Waals surface area contributed by atoms with Crippen molar-refractivity contribution < 1.29 is 21.2 Å². The monoisotopic (exact) mass is 614 g/mol. The van der Waals surface area contributed by atoms with Crippen LogP contribution in [0.4, 0.5) is 10.2 Å². The number of hydrogen-bond donors (Lipinski definition) is 4. The Morgan fingerprint density at radius 2 is 1.32 bits per heavy atom. The second-order valence-corrected chi connectivity index (χ2v) is 15.6. The number of nitrogens with two attached hydrogens (primary N) is 3. The highest BCUT2D eigenvalue weighted by Gasteiger charge is 2.31. The van der Waals surface area contributed by atoms with Gasteiger partial charge in [-0.2, -0.15) is 4.39 Å². The summed E-state index contributed by atoms with van der Waals surface area (Å²) in [5.41, 5.74) is 6.58. The standard InChI is InChI=1S/C14H23N3O2S.C9H19N.C5H5FN2O2S/c1-14(2)8-6-11(10-14)7-9-16-12-4-3-5-13(17-12)20(15,18)19;1-9(2)5-3-8(7-9)4-6-10;6-4-2-1-3-5(8-4)11(7,9)10/h3-5,11H,6-10H2,1-2H3,(H,16,17)(H2,15,18,19);8H,3-7,10H2,1-2H3;1-3H,(H2,7,9,10). The number of aromatic nitrogens is 2. The van der Waals surface area contributed by atoms with Gasteiger partial charge in [0.05, 0.1) is 0 Å². The molecule has 0 saturated heterocycles. The third-order valence-corrected chi connectivity index (χ3v) is 9.19. The molecule has 0 spiro atoms. The molecule has 2 saturated carbocycles. The van der Waals surface area contributed by atoms with E-state index in [1.54, 1.807) is 12.1 Å². The lowest BCUT2D eigenvalue weighted by Gasteiger charge is -2.17. The van der Waals surface area contributed by atoms with Gasteiger partial charge in [0.1, 0.15) is 5.82 Å². The second kappa shape index (κ2) is 14.8. The Labute approximate surface area is 245 Å². The molecule has 2 atom stereocenters. The van der Waals surface area contributed by atoms with E-state index in [0.717, 1.165) is 43.5 Å². The molecular weight excluding hydrogens is 567 g/mol. The number of hydrogen-bond acceptors (Lipinski definition) is 8. The fourth-order valence-corrected chi connectivity index (χ4v) is 6.49. The van der Waals surface area contributed by atoms with Crippen molar-refractivity contribution in [3.8, 4) is 0 Å². The van der Waals surface area contributed by atoms with Crippen molar-refractivity contribution in [1.82, 2.24) is 9.97 Å². The predicted molar refractivity (Wildman–Crippen MR) is 160 cm³/mol. The molecule has 0 amide bonds. The van der Waals surface area contributed by atoms with Gasteiger partial charge in [0.2, 0.25) is 5.95 Å². The van der Waals surface area contributed by atoms with Crippen LogP contribution >= 0.6 is 0 Å². The van der Waals surface area contributed by atoms with E-state index < -0.39 is 31.0 Å². The summed E-state index contributed by atoms with van der Waals surface area (Å²) in [7, 11) is -7.61. The van der Waals surface area contributed by atoms with Gasteiger partial charge in [-0.15, -0.1) is 0 Å². The van der Waals surface area contributed by atoms with Crippen molar-refractivity contribution in [1.29, 1.82) is 0 Å². The fraction of sp³-hybridized carbons (Fsp3) is 0.643. The molecule has 2 aromatic heterocycles. The van der Waals surface area contributed by atoms with Crippen LogP contribution in [0.5, 0.6) is 0 Å². The normalized spacial score (nSPS) is 21.3. The van der Waals surface area contributed by atoms with E-state index in [0.29, 0.717) is 16.6 Å². The van der Waals surface area contributed by atoms with Gasteiger partial charge in [0.25, 0.3) is 20.0 Å². The number of primary sulfonamides is 2. The molecule has 4 rings (SSSR count). The summed E-state index contributed by atoms with van der Waals surface area (Å²) in [4.78, 5) is 7.08. The molecule has 2 fully saturated rings. The Balaban J connectivity index is 0.000000236. The van der Waals surface area contributed by atoms with Crippen molar-refractivity contribution in [2.75, 3.05) is 18.4 Å². The molecule has 0 bridgehead atoms. The highest BCUT2D eigenvalue weighted by molar-refractivity contribution is 7.89. The number of halogens is 1. The zero-order valence-corrected chi connectivity index (χ0v) is 26.3. The molecule has 2 unspecified atom stereocenters. The molecule has 2 heterocycles. The zero-order chi connectivity index (χ0) is 30.9. The number of nitrogens with one attached hydrogen (secondary N) is 1. The minimum Gasteiger partial charge on any atom is -0.370 e. The molecule has 2 aromatic rings. The van der Waals surface area contributed by atoms with Gasteiger partial charge >= 0.3 is 0 Å². The van der Waals surface area contributed by atoms with Gasteiger partial charge in [-0.25, -0.2) is 37.1 Å². The molecule has 13 heteroatoms. The van der Waals surface area contributed by atoms with Crippen molar-refractivity contribution in [2.24, 2.45) is 38.7 Å². The Morgan fingerprint density at radius 1 is 0.829 bits per heavy atom. The molecule has 0 aliphatic heterocycles. The summed E-state index contributed by atoms with van der Waals surface area (Å²) in [6.45, 7) is 11.0. The van der Waals surface area contributed by atoms with Crippen LogP contribution in [0.2, 0.25) is 0 Å². The largest absolute Gasteiger partial charge is 0.370 e. The lowest BCUT2D eigenvalue weighted by molar-refractivity contribution is 0.355. The highest BCUT2D eigenvalue weighted by atomic mass is 32.2. The molecule has 2 aliphatic rings. The number of sulfonamides is 2. The topological polar surface area (TPSA) is 184 Å². The number of anilines is 1. The molecule has 10 nitrogen and oxygen atoms in total. The van der Waals surface area contributed by atoms with Crippen LogP contribution in [-0.2, 0) is 20.0 Å². The van der Waals surface area contributed by atoms with E-state index >= 15 is 0 Å². The summed E-state index contributed by atoms with van der Waals surface area (Å²) in [6, 6.07) is 8.19. The van der Waals surface area contributed by atoms with E-state index in [1.807, 2.05) is 0 Å². The minimum absolute atomic E-state index is 0.0931. The summed E-state index contributed by atoms with van der Waals surface area (Å²) in [5, 5.41) is 12.4. The van der Waals surface area contributed by atoms with Crippen molar-refractivity contribution >= 4 is 25.9 Å². The lowest BCUT2D eigenvalue weighted by atomic mass is 9.90. The second-order valence-electron chi connectivity index (χ2n) is 12.6. The predicted octanol–water partition coefficient (Wildman–Crippen LogP) is 4.39. The van der Waals surface area contributed by atoms with Crippen LogP contribution in [-0.4, -0.2) is 39.9 Å². The SMILES string of the molecule is CC1(C)CCC(CCN)C1.CC1(C)CCC(CCNc2cccc(S(N)(=O)=O)n2)C1.NS(=O)(=O)c1cccc(F)n1. The van der Waals surface area contributed by atoms with Gasteiger partial charge in [-0.3, -0.25) is 0 Å². The van der Waals surface area contributed by atoms with Crippen LogP contribution < -0.4 is 21.3 Å². The average molecular weight is 615 g/mol. The molecule has 0 radical (unpaired) electrons. The van der Waals surface area contributed by atoms with Gasteiger partial charge in [0.15, 0.2) is 10.1 Å². The van der Waals surface area contributed by atoms with Crippen LogP contribution in [0.1, 0.15) is 79.1 Å². The third kappa shape index (κ3) is 13.1. The van der Waals surface area contributed by atoms with E-state index in [9.17, 15) is 21.2 Å². The van der Waals surface area contributed by atoms with E-state index in [1.165, 1.54) is 57.1 Å². The third-order valence-electron chi connectivity index (χ3n) is 7.57. The first-order valence-corrected chi connectivity index (χ1v) is 17.1. The first kappa shape index (κ1) is 35.0. The number of rotatable bonds is 8. The van der Waals surface area contributed by atoms with Gasteiger partial charge < -0.3 is 11.1 Å². The molecule has 7 N–H and O–H groups in total. The van der Waals surface area contributed by atoms with Crippen LogP contribution in [0.25, 0.3) is 0 Å². The summed E-state index contributed by atoms with van der Waals surface area (Å²) < 4.78 is 55.8. The maximum absolute atomic E-state index is 12.3. The molecule has 2 aliphatic carbocycles. The molecule has 41 heavy (non-hydrogen) atoms. The van der Waals surface area contributed by atoms with Crippen molar-refractivity contribution in [3.63, 3.8) is 0 Å². The van der Waals surface area contributed by atoms with E-state index in [4.69, 9.17) is 10.9 Å². The number of pyridine rings is 2. The molecule has 232 valence electrons. The Morgan fingerprint density at radius 3 is 1.73 bits per heavy atom. The van der Waals surface area contributed by atoms with Crippen LogP contribution in [0, 0.1) is 28.6 Å². The smallest absolute Gasteiger partial charge is 0.255 e. The van der Waals surface area contributed by atoms with E-state index in [2.05, 4.69) is 48.1 Å². The average Bonchev–Trinajstić information content (AvgIpc) is 3.39. The van der Waals surface area contributed by atoms with Crippen molar-refractivity contribution in [2.45, 2.75) is 89.1 Å². The number of nitrogens with zero attached hydrogens (tertiary/aromatic N) is 2. The van der Waals surface area contributed by atoms with Gasteiger partial charge in [-0.05, 0) is 105 Å². The van der Waals surface area contributed by atoms with Crippen LogP contribution in [0.3, 0.4) is 0 Å². The summed E-state index contributed by atoms with van der Waals surface area (Å²) in [6.07, 6.45) is 10.4. The maximum atomic E-state index is 12.3. The van der Waals surface area contributed by atoms with Gasteiger partial charge in [0, 0.05) is 6.54 Å². The summed E-state index contributed by atoms with van der Waals surface area (Å²) in [5.74, 6) is 1.38. The quantitative estimate of drug-likeness (QED) is 0.316. The molecule has 0 aromatic carbocycles. The zero-order valence-electron chi connectivity index (χ0n) is 24.6. The minimum atomic E-state index is -3.88. The lowest BCUT2D eigenvalue weighted by Crippen LogP contribution is -2.15.